The van der Waals surface area contributed by atoms with Gasteiger partial charge in [-0.25, -0.2) is 4.79 Å². The summed E-state index contributed by atoms with van der Waals surface area (Å²) in [5.41, 5.74) is 1.79. The van der Waals surface area contributed by atoms with E-state index in [2.05, 4.69) is 113 Å². The van der Waals surface area contributed by atoms with E-state index in [1.165, 1.54) is 17.5 Å². The Labute approximate surface area is 335 Å². The zero-order valence-electron chi connectivity index (χ0n) is 34.1. The van der Waals surface area contributed by atoms with Crippen LogP contribution in [-0.4, -0.2) is 65.2 Å². The van der Waals surface area contributed by atoms with Crippen molar-refractivity contribution in [2.24, 2.45) is 29.6 Å². The highest BCUT2D eigenvalue weighted by atomic mass is 28.4. The maximum atomic E-state index is 13.4. The average molecular weight is 776 g/mol. The predicted molar refractivity (Wildman–Crippen MR) is 226 cm³/mol. The molecule has 0 spiro atoms. The van der Waals surface area contributed by atoms with Crippen LogP contribution in [0.1, 0.15) is 69.8 Å². The molecule has 4 aromatic rings. The molecule has 7 nitrogen and oxygen atoms in total. The quantitative estimate of drug-likeness (QED) is 0.0748. The number of ketones is 1. The van der Waals surface area contributed by atoms with Crippen LogP contribution in [0, 0.1) is 29.6 Å². The molecule has 1 heterocycles. The number of nitrogens with one attached hydrogen (secondary N) is 1. The number of carbonyl (C=O) groups is 2. The molecule has 1 N–H and O–H groups in total. The highest BCUT2D eigenvalue weighted by Gasteiger charge is 2.51. The Balaban J connectivity index is 1.31. The summed E-state index contributed by atoms with van der Waals surface area (Å²) >= 11 is 0. The van der Waals surface area contributed by atoms with Crippen LogP contribution in [0.3, 0.4) is 0 Å². The zero-order chi connectivity index (χ0) is 39.7. The molecular weight excluding hydrogens is 715 g/mol. The monoisotopic (exact) mass is 775 g/mol. The highest BCUT2D eigenvalue weighted by Crippen LogP contribution is 2.43. The molecule has 1 aliphatic heterocycles. The Bertz CT molecular complexity index is 1780. The molecule has 298 valence electrons. The maximum absolute atomic E-state index is 13.4. The standard InChI is InChI=1S/C48H61NO6Si/c1-34-27-37(33-55-56(48(3,4)5,40-23-15-9-16-24-40)41-25-17-10-18-26-41)28-39(44(34)49-30-43(50)38-21-13-8-14-22-38)29-42-45(54-32-36-19-11-7-12-20-36)35(2)31-53-46(42)47(51)52-6/h7-26,34-35,37,39,42,44-46,49H,27-33H2,1-6H3. The van der Waals surface area contributed by atoms with Gasteiger partial charge in [0.05, 0.1) is 33.0 Å². The van der Waals surface area contributed by atoms with Crippen molar-refractivity contribution >= 4 is 30.4 Å². The van der Waals surface area contributed by atoms with Gasteiger partial charge in [0.25, 0.3) is 8.32 Å². The Morgan fingerprint density at radius 3 is 1.93 bits per heavy atom. The largest absolute Gasteiger partial charge is 0.467 e. The van der Waals surface area contributed by atoms with E-state index in [1.807, 2.05) is 48.5 Å². The second-order valence-electron chi connectivity index (χ2n) is 17.2. The fourth-order valence-electron chi connectivity index (χ4n) is 9.58. The van der Waals surface area contributed by atoms with Crippen molar-refractivity contribution in [2.45, 2.75) is 83.8 Å². The normalized spacial score (nSPS) is 25.7. The number of methoxy groups -OCH3 is 1. The molecule has 0 radical (unpaired) electrons. The lowest BCUT2D eigenvalue weighted by Crippen LogP contribution is -2.67. The summed E-state index contributed by atoms with van der Waals surface area (Å²) in [6, 6.07) is 41.3. The number of Topliss-reactive ketones (excluding diaryl/α,β-unsaturated/α-hetero) is 1. The predicted octanol–water partition coefficient (Wildman–Crippen LogP) is 7.87. The molecule has 4 aromatic carbocycles. The molecule has 0 amide bonds. The van der Waals surface area contributed by atoms with E-state index in [9.17, 15) is 9.59 Å². The van der Waals surface area contributed by atoms with Crippen LogP contribution in [-0.2, 0) is 30.0 Å². The van der Waals surface area contributed by atoms with Crippen LogP contribution in [0.15, 0.2) is 121 Å². The van der Waals surface area contributed by atoms with Crippen molar-refractivity contribution in [3.63, 3.8) is 0 Å². The fourth-order valence-corrected chi connectivity index (χ4v) is 14.2. The van der Waals surface area contributed by atoms with Crippen molar-refractivity contribution in [3.05, 3.63) is 132 Å². The first-order chi connectivity index (χ1) is 27.0. The third-order valence-corrected chi connectivity index (χ3v) is 17.2. The lowest BCUT2D eigenvalue weighted by atomic mass is 9.67. The molecule has 8 heteroatoms. The number of hydrogen-bond donors (Lipinski definition) is 1. The highest BCUT2D eigenvalue weighted by molar-refractivity contribution is 6.99. The molecule has 1 aliphatic carbocycles. The van der Waals surface area contributed by atoms with Gasteiger partial charge in [0.15, 0.2) is 11.9 Å². The van der Waals surface area contributed by atoms with Gasteiger partial charge in [-0.1, -0.05) is 156 Å². The van der Waals surface area contributed by atoms with E-state index in [0.29, 0.717) is 31.8 Å². The van der Waals surface area contributed by atoms with Crippen LogP contribution in [0.4, 0.5) is 0 Å². The molecule has 2 fully saturated rings. The van der Waals surface area contributed by atoms with Gasteiger partial charge in [-0.15, -0.1) is 0 Å². The molecule has 56 heavy (non-hydrogen) atoms. The fraction of sp³-hybridized carbons (Fsp3) is 0.458. The molecule has 8 unspecified atom stereocenters. The van der Waals surface area contributed by atoms with Gasteiger partial charge in [0.1, 0.15) is 0 Å². The van der Waals surface area contributed by atoms with Gasteiger partial charge in [-0.2, -0.15) is 0 Å². The summed E-state index contributed by atoms with van der Waals surface area (Å²) in [5.74, 6) is 0.163. The number of rotatable bonds is 15. The molecule has 0 aromatic heterocycles. The van der Waals surface area contributed by atoms with E-state index in [-0.39, 0.29) is 65.1 Å². The molecule has 6 rings (SSSR count). The van der Waals surface area contributed by atoms with E-state index in [1.54, 1.807) is 0 Å². The Morgan fingerprint density at radius 2 is 1.36 bits per heavy atom. The van der Waals surface area contributed by atoms with Crippen LogP contribution >= 0.6 is 0 Å². The molecular formula is C48H61NO6Si. The summed E-state index contributed by atoms with van der Waals surface area (Å²) in [6.45, 7) is 13.1. The lowest BCUT2D eigenvalue weighted by Gasteiger charge is -2.48. The molecule has 0 bridgehead atoms. The minimum atomic E-state index is -2.76. The summed E-state index contributed by atoms with van der Waals surface area (Å²) in [6.07, 6.45) is 1.55. The van der Waals surface area contributed by atoms with Crippen molar-refractivity contribution < 1.29 is 28.2 Å². The minimum Gasteiger partial charge on any atom is -0.467 e. The average Bonchev–Trinajstić information content (AvgIpc) is 3.21. The summed E-state index contributed by atoms with van der Waals surface area (Å²) < 4.78 is 25.9. The van der Waals surface area contributed by atoms with E-state index in [0.717, 1.165) is 18.4 Å². The molecule has 2 aliphatic rings. The van der Waals surface area contributed by atoms with Gasteiger partial charge in [-0.3, -0.25) is 4.79 Å². The zero-order valence-corrected chi connectivity index (χ0v) is 35.1. The lowest BCUT2D eigenvalue weighted by molar-refractivity contribution is -0.188. The maximum Gasteiger partial charge on any atom is 0.335 e. The molecule has 1 saturated heterocycles. The number of hydrogen-bond acceptors (Lipinski definition) is 7. The van der Waals surface area contributed by atoms with E-state index < -0.39 is 14.4 Å². The van der Waals surface area contributed by atoms with E-state index in [4.69, 9.17) is 18.6 Å². The van der Waals surface area contributed by atoms with Crippen molar-refractivity contribution in [1.82, 2.24) is 5.32 Å². The van der Waals surface area contributed by atoms with Gasteiger partial charge in [0, 0.05) is 30.0 Å². The molecule has 1 saturated carbocycles. The van der Waals surface area contributed by atoms with E-state index >= 15 is 0 Å². The topological polar surface area (TPSA) is 83.1 Å². The first kappa shape index (κ1) is 41.7. The Hall–Kier alpha value is -3.92. The van der Waals surface area contributed by atoms with Gasteiger partial charge >= 0.3 is 5.97 Å². The SMILES string of the molecule is COC(=O)C1OCC(C)C(OCc2ccccc2)C1CC1CC(CO[Si](c2ccccc2)(c2ccccc2)C(C)(C)C)CC(C)C1NCC(=O)c1ccccc1. The van der Waals surface area contributed by atoms with Crippen LogP contribution in [0.5, 0.6) is 0 Å². The van der Waals surface area contributed by atoms with Gasteiger partial charge in [-0.05, 0) is 58.0 Å². The number of esters is 1. The number of carbonyl (C=O) groups excluding carboxylic acids is 2. The summed E-state index contributed by atoms with van der Waals surface area (Å²) in [5, 5.41) is 6.14. The molecule has 8 atom stereocenters. The van der Waals surface area contributed by atoms with Crippen molar-refractivity contribution in [1.29, 1.82) is 0 Å². The first-order valence-corrected chi connectivity index (χ1v) is 22.3. The Morgan fingerprint density at radius 1 is 0.786 bits per heavy atom. The van der Waals surface area contributed by atoms with Gasteiger partial charge < -0.3 is 24.0 Å². The minimum absolute atomic E-state index is 0.0390. The second kappa shape index (κ2) is 19.0. The van der Waals surface area contributed by atoms with Crippen LogP contribution in [0.25, 0.3) is 0 Å². The smallest absolute Gasteiger partial charge is 0.335 e. The third-order valence-electron chi connectivity index (χ3n) is 12.2. The van der Waals surface area contributed by atoms with Crippen LogP contribution in [0.2, 0.25) is 5.04 Å². The number of ether oxygens (including phenoxy) is 3. The van der Waals surface area contributed by atoms with Crippen molar-refractivity contribution in [3.8, 4) is 0 Å². The summed E-state index contributed by atoms with van der Waals surface area (Å²) in [4.78, 5) is 26.9. The Kier molecular flexibility index (Phi) is 14.2. The second-order valence-corrected chi connectivity index (χ2v) is 21.5. The third kappa shape index (κ3) is 9.60. The van der Waals surface area contributed by atoms with Crippen molar-refractivity contribution in [2.75, 3.05) is 26.9 Å². The van der Waals surface area contributed by atoms with Crippen LogP contribution < -0.4 is 15.7 Å². The summed E-state index contributed by atoms with van der Waals surface area (Å²) in [7, 11) is -1.33. The first-order valence-electron chi connectivity index (χ1n) is 20.4. The number of benzene rings is 4. The van der Waals surface area contributed by atoms with Gasteiger partial charge in [0.2, 0.25) is 0 Å².